The van der Waals surface area contributed by atoms with Crippen LogP contribution in [0.5, 0.6) is 5.75 Å². The monoisotopic (exact) mass is 336 g/mol. The predicted molar refractivity (Wildman–Crippen MR) is 82.5 cm³/mol. The first kappa shape index (κ1) is 17.3. The topological polar surface area (TPSA) is 103 Å². The molecule has 0 aliphatic rings. The number of rotatable bonds is 5. The van der Waals surface area contributed by atoms with Gasteiger partial charge in [0.25, 0.3) is 5.56 Å². The maximum absolute atomic E-state index is 13.3. The molecule has 0 aliphatic heterocycles. The third-order valence-electron chi connectivity index (χ3n) is 3.30. The number of aromatic amines is 1. The number of aromatic hydroxyl groups is 1. The lowest BCUT2D eigenvalue weighted by Gasteiger charge is -2.04. The first-order valence-electron chi connectivity index (χ1n) is 6.95. The Balaban J connectivity index is 2.27. The molecule has 3 N–H and O–H groups in total. The Bertz CT molecular complexity index is 852. The van der Waals surface area contributed by atoms with Crippen LogP contribution in [0.25, 0.3) is 12.2 Å². The van der Waals surface area contributed by atoms with E-state index in [-0.39, 0.29) is 29.8 Å². The highest BCUT2D eigenvalue weighted by Crippen LogP contribution is 2.22. The Morgan fingerprint density at radius 1 is 1.29 bits per heavy atom. The average Bonchev–Trinajstić information content (AvgIpc) is 2.49. The van der Waals surface area contributed by atoms with Crippen molar-refractivity contribution in [3.05, 3.63) is 56.8 Å². The summed E-state index contributed by atoms with van der Waals surface area (Å²) >= 11 is 0. The number of H-pyrrole nitrogens is 1. The lowest BCUT2D eigenvalue weighted by Crippen LogP contribution is -2.18. The minimum Gasteiger partial charge on any atom is -0.503 e. The number of nitrogens with one attached hydrogen (secondary N) is 1. The molecular formula is C16H14F2N2O4. The Morgan fingerprint density at radius 3 is 2.46 bits per heavy atom. The molecule has 8 heteroatoms. The molecule has 0 saturated heterocycles. The number of aromatic nitrogens is 2. The molecule has 24 heavy (non-hydrogen) atoms. The number of carboxylic acid groups (broad SMARTS) is 1. The lowest BCUT2D eigenvalue weighted by atomic mass is 10.1. The molecule has 0 aliphatic carbocycles. The van der Waals surface area contributed by atoms with E-state index in [1.54, 1.807) is 6.92 Å². The highest BCUT2D eigenvalue weighted by Gasteiger charge is 2.10. The van der Waals surface area contributed by atoms with Gasteiger partial charge in [-0.2, -0.15) is 0 Å². The number of phenols is 1. The number of carbonyl (C=O) groups is 1. The molecule has 1 aromatic carbocycles. The highest BCUT2D eigenvalue weighted by molar-refractivity contribution is 5.68. The Hall–Kier alpha value is -3.03. The first-order chi connectivity index (χ1) is 11.3. The van der Waals surface area contributed by atoms with Gasteiger partial charge in [0, 0.05) is 17.7 Å². The van der Waals surface area contributed by atoms with Crippen molar-refractivity contribution in [3.63, 3.8) is 0 Å². The van der Waals surface area contributed by atoms with E-state index in [1.807, 2.05) is 0 Å². The molecule has 0 radical (unpaired) electrons. The van der Waals surface area contributed by atoms with Crippen molar-refractivity contribution in [3.8, 4) is 5.75 Å². The second-order valence-corrected chi connectivity index (χ2v) is 5.08. The van der Waals surface area contributed by atoms with E-state index < -0.39 is 28.9 Å². The van der Waals surface area contributed by atoms with Crippen LogP contribution in [-0.4, -0.2) is 26.2 Å². The smallest absolute Gasteiger partial charge is 0.303 e. The fraction of sp³-hybridized carbons (Fsp3) is 0.188. The molecule has 0 atom stereocenters. The van der Waals surface area contributed by atoms with Crippen LogP contribution in [0.3, 0.4) is 0 Å². The number of phenolic OH excluding ortho intramolecular Hbond substituents is 1. The van der Waals surface area contributed by atoms with Crippen molar-refractivity contribution in [2.75, 3.05) is 0 Å². The van der Waals surface area contributed by atoms with E-state index in [4.69, 9.17) is 10.2 Å². The normalized spacial score (nSPS) is 11.1. The van der Waals surface area contributed by atoms with Crippen LogP contribution >= 0.6 is 0 Å². The molecule has 0 fully saturated rings. The molecular weight excluding hydrogens is 322 g/mol. The van der Waals surface area contributed by atoms with Crippen LogP contribution in [-0.2, 0) is 11.2 Å². The quantitative estimate of drug-likeness (QED) is 0.777. The maximum atomic E-state index is 13.3. The summed E-state index contributed by atoms with van der Waals surface area (Å²) in [5.41, 5.74) is 0.323. The van der Waals surface area contributed by atoms with E-state index in [0.717, 1.165) is 12.1 Å². The van der Waals surface area contributed by atoms with Gasteiger partial charge in [0.2, 0.25) is 0 Å². The molecule has 0 bridgehead atoms. The van der Waals surface area contributed by atoms with E-state index >= 15 is 0 Å². The standard InChI is InChI=1S/C16H14F2N2O4/c1-8-10(3-5-14(21)22)16(24)20-13(19-8)4-2-9-6-11(17)15(23)12(18)7-9/h2,4,6-7,23H,3,5H2,1H3,(H,21,22)(H,19,20,24)/b4-2+. The highest BCUT2D eigenvalue weighted by atomic mass is 19.1. The average molecular weight is 336 g/mol. The summed E-state index contributed by atoms with van der Waals surface area (Å²) in [4.78, 5) is 29.1. The minimum absolute atomic E-state index is 0.0574. The summed E-state index contributed by atoms with van der Waals surface area (Å²) in [5, 5.41) is 17.7. The third-order valence-corrected chi connectivity index (χ3v) is 3.30. The zero-order valence-electron chi connectivity index (χ0n) is 12.6. The molecule has 6 nitrogen and oxygen atoms in total. The number of benzene rings is 1. The lowest BCUT2D eigenvalue weighted by molar-refractivity contribution is -0.136. The number of aliphatic carboxylic acids is 1. The van der Waals surface area contributed by atoms with Gasteiger partial charge < -0.3 is 15.2 Å². The SMILES string of the molecule is Cc1nc(/C=C/c2cc(F)c(O)c(F)c2)[nH]c(=O)c1CCC(=O)O. The van der Waals surface area contributed by atoms with Gasteiger partial charge in [-0.1, -0.05) is 6.08 Å². The van der Waals surface area contributed by atoms with Gasteiger partial charge in [-0.3, -0.25) is 9.59 Å². The molecule has 0 spiro atoms. The Morgan fingerprint density at radius 2 is 1.92 bits per heavy atom. The van der Waals surface area contributed by atoms with Crippen LogP contribution in [0.15, 0.2) is 16.9 Å². The van der Waals surface area contributed by atoms with Crippen molar-refractivity contribution in [2.24, 2.45) is 0 Å². The van der Waals surface area contributed by atoms with Crippen LogP contribution in [0.4, 0.5) is 8.78 Å². The predicted octanol–water partition coefficient (Wildman–Crippen LogP) is 2.25. The van der Waals surface area contributed by atoms with Gasteiger partial charge in [0.15, 0.2) is 17.4 Å². The van der Waals surface area contributed by atoms with Gasteiger partial charge in [0.1, 0.15) is 5.82 Å². The molecule has 1 heterocycles. The molecule has 0 saturated carbocycles. The van der Waals surface area contributed by atoms with Crippen molar-refractivity contribution < 1.29 is 23.8 Å². The molecule has 2 rings (SSSR count). The van der Waals surface area contributed by atoms with Crippen LogP contribution in [0.1, 0.15) is 29.1 Å². The van der Waals surface area contributed by atoms with E-state index in [9.17, 15) is 18.4 Å². The maximum Gasteiger partial charge on any atom is 0.303 e. The largest absolute Gasteiger partial charge is 0.503 e. The fourth-order valence-corrected chi connectivity index (χ4v) is 2.09. The van der Waals surface area contributed by atoms with Crippen molar-refractivity contribution in [1.29, 1.82) is 0 Å². The zero-order chi connectivity index (χ0) is 17.9. The van der Waals surface area contributed by atoms with Crippen molar-refractivity contribution in [2.45, 2.75) is 19.8 Å². The fourth-order valence-electron chi connectivity index (χ4n) is 2.09. The molecule has 126 valence electrons. The van der Waals surface area contributed by atoms with Gasteiger partial charge in [-0.05, 0) is 37.1 Å². The van der Waals surface area contributed by atoms with Gasteiger partial charge in [-0.25, -0.2) is 13.8 Å². The third kappa shape index (κ3) is 4.03. The molecule has 0 unspecified atom stereocenters. The number of nitrogens with zero attached hydrogens (tertiary/aromatic N) is 1. The number of hydrogen-bond donors (Lipinski definition) is 3. The number of halogens is 2. The van der Waals surface area contributed by atoms with Crippen LogP contribution in [0.2, 0.25) is 0 Å². The second-order valence-electron chi connectivity index (χ2n) is 5.08. The second kappa shape index (κ2) is 7.03. The van der Waals surface area contributed by atoms with Crippen LogP contribution < -0.4 is 5.56 Å². The van der Waals surface area contributed by atoms with Gasteiger partial charge >= 0.3 is 5.97 Å². The first-order valence-corrected chi connectivity index (χ1v) is 6.95. The summed E-state index contributed by atoms with van der Waals surface area (Å²) < 4.78 is 26.5. The van der Waals surface area contributed by atoms with Crippen molar-refractivity contribution >= 4 is 18.1 Å². The molecule has 2 aromatic rings. The van der Waals surface area contributed by atoms with Crippen LogP contribution in [0, 0.1) is 18.6 Å². The van der Waals surface area contributed by atoms with Gasteiger partial charge in [-0.15, -0.1) is 0 Å². The Kier molecular flexibility index (Phi) is 5.08. The number of hydrogen-bond acceptors (Lipinski definition) is 4. The number of aryl methyl sites for hydroxylation is 1. The van der Waals surface area contributed by atoms with Gasteiger partial charge in [0.05, 0.1) is 0 Å². The molecule has 0 amide bonds. The number of carboxylic acids is 1. The summed E-state index contributed by atoms with van der Waals surface area (Å²) in [6.07, 6.45) is 2.54. The van der Waals surface area contributed by atoms with E-state index in [0.29, 0.717) is 5.69 Å². The zero-order valence-corrected chi connectivity index (χ0v) is 12.6. The minimum atomic E-state index is -1.10. The van der Waals surface area contributed by atoms with E-state index in [1.165, 1.54) is 12.2 Å². The Labute approximate surface area is 135 Å². The van der Waals surface area contributed by atoms with E-state index in [2.05, 4.69) is 9.97 Å². The summed E-state index contributed by atoms with van der Waals surface area (Å²) in [7, 11) is 0. The van der Waals surface area contributed by atoms with Crippen molar-refractivity contribution in [1.82, 2.24) is 9.97 Å². The summed E-state index contributed by atoms with van der Waals surface area (Å²) in [6, 6.07) is 1.86. The summed E-state index contributed by atoms with van der Waals surface area (Å²) in [6.45, 7) is 1.57. The molecule has 1 aromatic heterocycles. The summed E-state index contributed by atoms with van der Waals surface area (Å²) in [5.74, 6) is -4.12.